The maximum atomic E-state index is 12.1. The van der Waals surface area contributed by atoms with E-state index in [0.29, 0.717) is 25.2 Å². The molecule has 110 valence electrons. The van der Waals surface area contributed by atoms with Crippen LogP contribution in [0.1, 0.15) is 26.2 Å². The van der Waals surface area contributed by atoms with Gasteiger partial charge in [0.05, 0.1) is 5.41 Å². The van der Waals surface area contributed by atoms with Gasteiger partial charge < -0.3 is 10.0 Å². The summed E-state index contributed by atoms with van der Waals surface area (Å²) in [6.07, 6.45) is 3.63. The standard InChI is InChI=1S/C13H20N4O3/c1-3-5-13(11(18)19)6-8-17(9-13)12(20)14-10-4-7-16(2)15-10/h4,7H,3,5-6,8-9H2,1-2H3,(H,18,19)(H,14,15,20). The number of rotatable bonds is 4. The quantitative estimate of drug-likeness (QED) is 0.875. The Morgan fingerprint density at radius 2 is 2.30 bits per heavy atom. The van der Waals surface area contributed by atoms with Crippen molar-refractivity contribution in [1.29, 1.82) is 0 Å². The van der Waals surface area contributed by atoms with Crippen LogP contribution >= 0.6 is 0 Å². The lowest BCUT2D eigenvalue weighted by Crippen LogP contribution is -2.38. The minimum atomic E-state index is -0.813. The predicted octanol–water partition coefficient (Wildman–Crippen LogP) is 1.53. The number of aryl methyl sites for hydroxylation is 1. The van der Waals surface area contributed by atoms with Crippen molar-refractivity contribution in [1.82, 2.24) is 14.7 Å². The van der Waals surface area contributed by atoms with Crippen molar-refractivity contribution < 1.29 is 14.7 Å². The lowest BCUT2D eigenvalue weighted by molar-refractivity contribution is -0.148. The predicted molar refractivity (Wildman–Crippen MR) is 73.4 cm³/mol. The average Bonchev–Trinajstić information content (AvgIpc) is 2.98. The summed E-state index contributed by atoms with van der Waals surface area (Å²) >= 11 is 0. The Morgan fingerprint density at radius 3 is 2.85 bits per heavy atom. The Kier molecular flexibility index (Phi) is 3.96. The molecule has 0 radical (unpaired) electrons. The third kappa shape index (κ3) is 2.76. The smallest absolute Gasteiger partial charge is 0.323 e. The van der Waals surface area contributed by atoms with Crippen molar-refractivity contribution in [2.75, 3.05) is 18.4 Å². The molecule has 0 aliphatic carbocycles. The molecule has 2 amide bonds. The van der Waals surface area contributed by atoms with Crippen LogP contribution in [0, 0.1) is 5.41 Å². The molecule has 2 heterocycles. The van der Waals surface area contributed by atoms with Gasteiger partial charge in [0, 0.05) is 32.4 Å². The number of nitrogens with zero attached hydrogens (tertiary/aromatic N) is 3. The molecule has 7 nitrogen and oxygen atoms in total. The van der Waals surface area contributed by atoms with E-state index < -0.39 is 11.4 Å². The molecule has 1 aromatic heterocycles. The van der Waals surface area contributed by atoms with Gasteiger partial charge in [-0.3, -0.25) is 14.8 Å². The fourth-order valence-electron chi connectivity index (χ4n) is 2.68. The van der Waals surface area contributed by atoms with Gasteiger partial charge in [-0.25, -0.2) is 4.79 Å². The zero-order valence-corrected chi connectivity index (χ0v) is 11.8. The van der Waals surface area contributed by atoms with Crippen molar-refractivity contribution in [3.8, 4) is 0 Å². The van der Waals surface area contributed by atoms with Gasteiger partial charge in [-0.2, -0.15) is 5.10 Å². The molecule has 0 bridgehead atoms. The van der Waals surface area contributed by atoms with Crippen LogP contribution in [0.2, 0.25) is 0 Å². The zero-order valence-electron chi connectivity index (χ0n) is 11.8. The van der Waals surface area contributed by atoms with E-state index in [1.54, 1.807) is 28.9 Å². The number of carbonyl (C=O) groups excluding carboxylic acids is 1. The van der Waals surface area contributed by atoms with Gasteiger partial charge in [0.1, 0.15) is 0 Å². The van der Waals surface area contributed by atoms with Crippen LogP contribution in [0.5, 0.6) is 0 Å². The van der Waals surface area contributed by atoms with Crippen LogP contribution in [-0.4, -0.2) is 44.9 Å². The number of carboxylic acid groups (broad SMARTS) is 1. The van der Waals surface area contributed by atoms with Crippen LogP contribution in [-0.2, 0) is 11.8 Å². The summed E-state index contributed by atoms with van der Waals surface area (Å²) in [5, 5.41) is 16.2. The normalized spacial score (nSPS) is 22.0. The number of carbonyl (C=O) groups is 2. The van der Waals surface area contributed by atoms with Gasteiger partial charge in [-0.15, -0.1) is 0 Å². The number of hydrogen-bond donors (Lipinski definition) is 2. The first-order chi connectivity index (χ1) is 9.47. The molecule has 0 saturated carbocycles. The molecule has 1 aromatic rings. The Hall–Kier alpha value is -2.05. The second-order valence-corrected chi connectivity index (χ2v) is 5.31. The summed E-state index contributed by atoms with van der Waals surface area (Å²) in [5.41, 5.74) is -0.795. The minimum absolute atomic E-state index is 0.259. The molecule has 0 spiro atoms. The Morgan fingerprint density at radius 1 is 1.55 bits per heavy atom. The van der Waals surface area contributed by atoms with E-state index in [4.69, 9.17) is 0 Å². The van der Waals surface area contributed by atoms with Gasteiger partial charge >= 0.3 is 12.0 Å². The van der Waals surface area contributed by atoms with Crippen LogP contribution in [0.25, 0.3) is 0 Å². The molecule has 7 heteroatoms. The molecule has 0 aromatic carbocycles. The highest BCUT2D eigenvalue weighted by molar-refractivity contribution is 5.89. The number of amides is 2. The van der Waals surface area contributed by atoms with E-state index in [9.17, 15) is 14.7 Å². The topological polar surface area (TPSA) is 87.5 Å². The van der Waals surface area contributed by atoms with E-state index in [-0.39, 0.29) is 12.6 Å². The third-order valence-electron chi connectivity index (χ3n) is 3.77. The molecule has 1 atom stereocenters. The molecule has 2 N–H and O–H groups in total. The number of nitrogens with one attached hydrogen (secondary N) is 1. The van der Waals surface area contributed by atoms with E-state index in [2.05, 4.69) is 10.4 Å². The summed E-state index contributed by atoms with van der Waals surface area (Å²) in [6.45, 7) is 2.68. The summed E-state index contributed by atoms with van der Waals surface area (Å²) < 4.78 is 1.60. The SMILES string of the molecule is CCCC1(C(=O)O)CCN(C(=O)Nc2ccn(C)n2)C1. The zero-order chi connectivity index (χ0) is 14.8. The van der Waals surface area contributed by atoms with Crippen LogP contribution in [0.3, 0.4) is 0 Å². The summed E-state index contributed by atoms with van der Waals surface area (Å²) in [6, 6.07) is 1.41. The van der Waals surface area contributed by atoms with E-state index >= 15 is 0 Å². The maximum Gasteiger partial charge on any atom is 0.323 e. The number of anilines is 1. The molecular formula is C13H20N4O3. The largest absolute Gasteiger partial charge is 0.481 e. The second kappa shape index (κ2) is 5.52. The number of aromatic nitrogens is 2. The summed E-state index contributed by atoms with van der Waals surface area (Å²) in [4.78, 5) is 25.1. The van der Waals surface area contributed by atoms with E-state index in [1.165, 1.54) is 0 Å². The fourth-order valence-corrected chi connectivity index (χ4v) is 2.68. The van der Waals surface area contributed by atoms with Gasteiger partial charge in [0.2, 0.25) is 0 Å². The molecule has 1 unspecified atom stereocenters. The van der Waals surface area contributed by atoms with Gasteiger partial charge in [-0.05, 0) is 12.8 Å². The number of carboxylic acids is 1. The first-order valence-electron chi connectivity index (χ1n) is 6.76. The first kappa shape index (κ1) is 14.4. The van der Waals surface area contributed by atoms with Gasteiger partial charge in [-0.1, -0.05) is 13.3 Å². The third-order valence-corrected chi connectivity index (χ3v) is 3.77. The van der Waals surface area contributed by atoms with Crippen molar-refractivity contribution in [2.45, 2.75) is 26.2 Å². The number of urea groups is 1. The van der Waals surface area contributed by atoms with Crippen molar-refractivity contribution >= 4 is 17.8 Å². The minimum Gasteiger partial charge on any atom is -0.481 e. The van der Waals surface area contributed by atoms with E-state index in [0.717, 1.165) is 6.42 Å². The Labute approximate surface area is 117 Å². The molecule has 1 saturated heterocycles. The lowest BCUT2D eigenvalue weighted by atomic mass is 9.83. The highest BCUT2D eigenvalue weighted by Gasteiger charge is 2.45. The average molecular weight is 280 g/mol. The van der Waals surface area contributed by atoms with Crippen LogP contribution in [0.15, 0.2) is 12.3 Å². The first-order valence-corrected chi connectivity index (χ1v) is 6.76. The van der Waals surface area contributed by atoms with Gasteiger partial charge in [0.25, 0.3) is 0 Å². The summed E-state index contributed by atoms with van der Waals surface area (Å²) in [7, 11) is 1.77. The van der Waals surface area contributed by atoms with Crippen molar-refractivity contribution in [3.63, 3.8) is 0 Å². The summed E-state index contributed by atoms with van der Waals surface area (Å²) in [5.74, 6) is -0.340. The number of likely N-dealkylation sites (tertiary alicyclic amines) is 1. The van der Waals surface area contributed by atoms with Crippen LogP contribution < -0.4 is 5.32 Å². The highest BCUT2D eigenvalue weighted by Crippen LogP contribution is 2.35. The van der Waals surface area contributed by atoms with Crippen molar-refractivity contribution in [3.05, 3.63) is 12.3 Å². The van der Waals surface area contributed by atoms with Crippen LogP contribution in [0.4, 0.5) is 10.6 Å². The maximum absolute atomic E-state index is 12.1. The van der Waals surface area contributed by atoms with E-state index in [1.807, 2.05) is 6.92 Å². The highest BCUT2D eigenvalue weighted by atomic mass is 16.4. The monoisotopic (exact) mass is 280 g/mol. The number of hydrogen-bond acceptors (Lipinski definition) is 3. The molecule has 20 heavy (non-hydrogen) atoms. The lowest BCUT2D eigenvalue weighted by Gasteiger charge is -2.24. The molecule has 1 aliphatic heterocycles. The molecular weight excluding hydrogens is 260 g/mol. The molecule has 1 aliphatic rings. The molecule has 1 fully saturated rings. The second-order valence-electron chi connectivity index (χ2n) is 5.31. The molecule has 2 rings (SSSR count). The Balaban J connectivity index is 2.01. The van der Waals surface area contributed by atoms with Crippen molar-refractivity contribution in [2.24, 2.45) is 12.5 Å². The van der Waals surface area contributed by atoms with Gasteiger partial charge in [0.15, 0.2) is 5.82 Å². The number of aliphatic carboxylic acids is 1. The Bertz CT molecular complexity index is 513. The fraction of sp³-hybridized carbons (Fsp3) is 0.615.